The predicted octanol–water partition coefficient (Wildman–Crippen LogP) is 0.253. The van der Waals surface area contributed by atoms with E-state index in [-0.39, 0.29) is 42.6 Å². The zero-order valence-corrected chi connectivity index (χ0v) is 13.6. The van der Waals surface area contributed by atoms with Crippen LogP contribution in [-0.2, 0) is 9.59 Å². The molecule has 0 aromatic rings. The molecular weight excluding hydrogens is 270 g/mol. The first-order chi connectivity index (χ1) is 9.65. The van der Waals surface area contributed by atoms with Crippen LogP contribution >= 0.6 is 0 Å². The smallest absolute Gasteiger partial charge is 0.234 e. The molecule has 0 saturated heterocycles. The first kappa shape index (κ1) is 17.9. The minimum atomic E-state index is -0.261. The van der Waals surface area contributed by atoms with Gasteiger partial charge in [0.2, 0.25) is 11.8 Å². The Labute approximate surface area is 127 Å². The van der Waals surface area contributed by atoms with Crippen molar-refractivity contribution in [3.05, 3.63) is 0 Å². The summed E-state index contributed by atoms with van der Waals surface area (Å²) in [5, 5.41) is 15.3. The molecule has 0 heterocycles. The van der Waals surface area contributed by atoms with Gasteiger partial charge in [-0.25, -0.2) is 0 Å². The molecule has 3 N–H and O–H groups in total. The minimum absolute atomic E-state index is 0.0672. The number of hydrogen-bond donors (Lipinski definition) is 3. The fourth-order valence-corrected chi connectivity index (χ4v) is 2.50. The van der Waals surface area contributed by atoms with Crippen molar-refractivity contribution in [2.75, 3.05) is 20.1 Å². The van der Waals surface area contributed by atoms with Gasteiger partial charge in [-0.1, -0.05) is 0 Å². The third kappa shape index (κ3) is 8.02. The van der Waals surface area contributed by atoms with Gasteiger partial charge in [0.15, 0.2) is 0 Å². The quantitative estimate of drug-likeness (QED) is 0.680. The maximum Gasteiger partial charge on any atom is 0.234 e. The molecule has 122 valence electrons. The van der Waals surface area contributed by atoms with Gasteiger partial charge in [-0.3, -0.25) is 14.5 Å². The lowest BCUT2D eigenvalue weighted by molar-refractivity contribution is -0.125. The second-order valence-corrected chi connectivity index (χ2v) is 7.04. The molecule has 0 aromatic heterocycles. The number of likely N-dealkylation sites (N-methyl/N-ethyl adjacent to an activating group) is 1. The number of aliphatic hydroxyl groups is 1. The van der Waals surface area contributed by atoms with Gasteiger partial charge in [0.05, 0.1) is 19.2 Å². The average molecular weight is 299 g/mol. The Hall–Kier alpha value is -1.14. The largest absolute Gasteiger partial charge is 0.393 e. The predicted molar refractivity (Wildman–Crippen MR) is 81.8 cm³/mol. The zero-order chi connectivity index (χ0) is 16.0. The second-order valence-electron chi connectivity index (χ2n) is 7.04. The van der Waals surface area contributed by atoms with Crippen LogP contribution in [-0.4, -0.2) is 59.6 Å². The summed E-state index contributed by atoms with van der Waals surface area (Å²) in [5.41, 5.74) is -0.261. The monoisotopic (exact) mass is 299 g/mol. The Morgan fingerprint density at radius 3 is 2.14 bits per heavy atom. The number of carbonyl (C=O) groups is 2. The van der Waals surface area contributed by atoms with Crippen molar-refractivity contribution in [1.82, 2.24) is 15.5 Å². The summed E-state index contributed by atoms with van der Waals surface area (Å²) in [6, 6.07) is 0.151. The molecule has 0 spiro atoms. The fourth-order valence-electron chi connectivity index (χ4n) is 2.50. The number of hydrogen-bond acceptors (Lipinski definition) is 4. The van der Waals surface area contributed by atoms with Crippen molar-refractivity contribution in [3.63, 3.8) is 0 Å². The summed E-state index contributed by atoms with van der Waals surface area (Å²) >= 11 is 0. The van der Waals surface area contributed by atoms with Crippen molar-refractivity contribution < 1.29 is 14.7 Å². The fraction of sp³-hybridized carbons (Fsp3) is 0.867. The number of rotatable bonds is 5. The molecule has 0 aliphatic heterocycles. The molecule has 0 radical (unpaired) electrons. The van der Waals surface area contributed by atoms with Crippen LogP contribution in [0.25, 0.3) is 0 Å². The van der Waals surface area contributed by atoms with Crippen LogP contribution in [0.3, 0.4) is 0 Å². The van der Waals surface area contributed by atoms with E-state index in [1.807, 2.05) is 20.8 Å². The number of nitrogens with one attached hydrogen (secondary N) is 2. The summed E-state index contributed by atoms with van der Waals surface area (Å²) in [5.74, 6) is -0.152. The van der Waals surface area contributed by atoms with Crippen LogP contribution in [0.15, 0.2) is 0 Å². The number of aliphatic hydroxyl groups excluding tert-OH is 1. The summed E-state index contributed by atoms with van der Waals surface area (Å²) in [4.78, 5) is 25.4. The van der Waals surface area contributed by atoms with Crippen LogP contribution in [0.5, 0.6) is 0 Å². The molecule has 1 saturated carbocycles. The van der Waals surface area contributed by atoms with E-state index in [2.05, 4.69) is 10.6 Å². The maximum atomic E-state index is 11.9. The SMILES string of the molecule is CN(CC(=O)NC1CCC(O)CC1)CC(=O)NC(C)(C)C. The molecule has 1 fully saturated rings. The Bertz CT molecular complexity index is 358. The van der Waals surface area contributed by atoms with E-state index in [1.54, 1.807) is 11.9 Å². The molecule has 0 atom stereocenters. The topological polar surface area (TPSA) is 81.7 Å². The van der Waals surface area contributed by atoms with E-state index < -0.39 is 0 Å². The van der Waals surface area contributed by atoms with E-state index in [0.29, 0.717) is 0 Å². The van der Waals surface area contributed by atoms with Crippen molar-refractivity contribution in [2.24, 2.45) is 0 Å². The third-order valence-corrected chi connectivity index (χ3v) is 3.40. The summed E-state index contributed by atoms with van der Waals surface area (Å²) in [6.07, 6.45) is 2.91. The van der Waals surface area contributed by atoms with Crippen molar-refractivity contribution in [3.8, 4) is 0 Å². The highest BCUT2D eigenvalue weighted by Gasteiger charge is 2.21. The standard InChI is InChI=1S/C15H29N3O3/c1-15(2,3)17-14(21)10-18(4)9-13(20)16-11-5-7-12(19)8-6-11/h11-12,19H,5-10H2,1-4H3,(H,16,20)(H,17,21). The van der Waals surface area contributed by atoms with Gasteiger partial charge in [-0.05, 0) is 53.5 Å². The van der Waals surface area contributed by atoms with Crippen molar-refractivity contribution in [1.29, 1.82) is 0 Å². The Balaban J connectivity index is 2.26. The molecule has 6 nitrogen and oxygen atoms in total. The molecule has 1 rings (SSSR count). The van der Waals surface area contributed by atoms with Crippen molar-refractivity contribution in [2.45, 2.75) is 64.1 Å². The maximum absolute atomic E-state index is 11.9. The van der Waals surface area contributed by atoms with E-state index in [1.165, 1.54) is 0 Å². The summed E-state index contributed by atoms with van der Waals surface area (Å²) < 4.78 is 0. The highest BCUT2D eigenvalue weighted by molar-refractivity contribution is 5.81. The molecule has 1 aliphatic rings. The molecule has 0 unspecified atom stereocenters. The highest BCUT2D eigenvalue weighted by Crippen LogP contribution is 2.18. The average Bonchev–Trinajstić information content (AvgIpc) is 2.28. The molecule has 0 aromatic carbocycles. The minimum Gasteiger partial charge on any atom is -0.393 e. The lowest BCUT2D eigenvalue weighted by atomic mass is 9.93. The number of nitrogens with zero attached hydrogens (tertiary/aromatic N) is 1. The first-order valence-electron chi connectivity index (χ1n) is 7.62. The summed E-state index contributed by atoms with van der Waals surface area (Å²) in [6.45, 7) is 6.18. The third-order valence-electron chi connectivity index (χ3n) is 3.40. The van der Waals surface area contributed by atoms with Gasteiger partial charge in [0, 0.05) is 11.6 Å². The van der Waals surface area contributed by atoms with Crippen LogP contribution in [0.1, 0.15) is 46.5 Å². The van der Waals surface area contributed by atoms with Crippen LogP contribution in [0.4, 0.5) is 0 Å². The Morgan fingerprint density at radius 2 is 1.62 bits per heavy atom. The number of carbonyl (C=O) groups excluding carboxylic acids is 2. The van der Waals surface area contributed by atoms with Crippen LogP contribution in [0.2, 0.25) is 0 Å². The normalized spacial score (nSPS) is 23.0. The molecule has 2 amide bonds. The lowest BCUT2D eigenvalue weighted by Crippen LogP contribution is -2.48. The summed E-state index contributed by atoms with van der Waals surface area (Å²) in [7, 11) is 1.76. The number of amides is 2. The van der Waals surface area contributed by atoms with E-state index >= 15 is 0 Å². The van der Waals surface area contributed by atoms with E-state index in [0.717, 1.165) is 25.7 Å². The highest BCUT2D eigenvalue weighted by atomic mass is 16.3. The van der Waals surface area contributed by atoms with E-state index in [4.69, 9.17) is 0 Å². The van der Waals surface area contributed by atoms with Gasteiger partial charge in [0.1, 0.15) is 0 Å². The Kier molecular flexibility index (Phi) is 6.61. The lowest BCUT2D eigenvalue weighted by Gasteiger charge is -2.27. The van der Waals surface area contributed by atoms with Gasteiger partial charge in [0.25, 0.3) is 0 Å². The molecular formula is C15H29N3O3. The van der Waals surface area contributed by atoms with Gasteiger partial charge in [-0.15, -0.1) is 0 Å². The van der Waals surface area contributed by atoms with Gasteiger partial charge in [-0.2, -0.15) is 0 Å². The van der Waals surface area contributed by atoms with Crippen molar-refractivity contribution >= 4 is 11.8 Å². The first-order valence-corrected chi connectivity index (χ1v) is 7.62. The molecule has 0 bridgehead atoms. The molecule has 6 heteroatoms. The van der Waals surface area contributed by atoms with Gasteiger partial charge >= 0.3 is 0 Å². The Morgan fingerprint density at radius 1 is 1.10 bits per heavy atom. The van der Waals surface area contributed by atoms with Crippen LogP contribution < -0.4 is 10.6 Å². The molecule has 21 heavy (non-hydrogen) atoms. The van der Waals surface area contributed by atoms with E-state index in [9.17, 15) is 14.7 Å². The van der Waals surface area contributed by atoms with Gasteiger partial charge < -0.3 is 15.7 Å². The zero-order valence-electron chi connectivity index (χ0n) is 13.6. The molecule has 1 aliphatic carbocycles. The second kappa shape index (κ2) is 7.75. The van der Waals surface area contributed by atoms with Crippen LogP contribution in [0, 0.1) is 0 Å².